The Labute approximate surface area is 267 Å². The first-order valence-electron chi connectivity index (χ1n) is 14.8. The highest BCUT2D eigenvalue weighted by atomic mass is 16.7. The Morgan fingerprint density at radius 1 is 1.09 bits per heavy atom. The second kappa shape index (κ2) is 12.1. The first-order chi connectivity index (χ1) is 22.4. The molecule has 1 aliphatic heterocycles. The summed E-state index contributed by atoms with van der Waals surface area (Å²) in [5.41, 5.74) is 2.22. The van der Waals surface area contributed by atoms with E-state index >= 15 is 0 Å². The Morgan fingerprint density at radius 3 is 2.51 bits per heavy atom. The molecule has 14 heteroatoms. The van der Waals surface area contributed by atoms with Crippen molar-refractivity contribution in [1.29, 1.82) is 0 Å². The molecule has 47 heavy (non-hydrogen) atoms. The molecular weight excluding hydrogens is 616 g/mol. The standard InChI is InChI=1S/C33H32N2O12/c1-14-27(37)18(34)9-22(46-14)47-20-11-33(43,21(36)13-45-32(42)15-5-4-8-35-12-15)10-17-24(20)31(41)26-25(29(17)39)28(38)16-6-3-7-19(44-2)23(16)30(26)40/h3-8,12,14,18,20,22,27,37,39,41,43H,9-11,13,34H2,1-2H3. The number of methoxy groups -OCH3 is 1. The van der Waals surface area contributed by atoms with Gasteiger partial charge in [-0.25, -0.2) is 4.79 Å². The summed E-state index contributed by atoms with van der Waals surface area (Å²) in [6.07, 6.45) is -2.82. The highest BCUT2D eigenvalue weighted by molar-refractivity contribution is 6.31. The molecule has 2 heterocycles. The van der Waals surface area contributed by atoms with E-state index in [4.69, 9.17) is 24.7 Å². The molecule has 246 valence electrons. The lowest BCUT2D eigenvalue weighted by atomic mass is 9.72. The molecule has 3 aliphatic rings. The molecule has 14 nitrogen and oxygen atoms in total. The van der Waals surface area contributed by atoms with Gasteiger partial charge in [-0.1, -0.05) is 12.1 Å². The molecule has 0 saturated carbocycles. The van der Waals surface area contributed by atoms with Crippen molar-refractivity contribution < 1.29 is 58.6 Å². The number of aliphatic hydroxyl groups excluding tert-OH is 1. The van der Waals surface area contributed by atoms with Gasteiger partial charge in [0, 0.05) is 54.4 Å². The molecule has 1 aromatic heterocycles. The van der Waals surface area contributed by atoms with Crippen molar-refractivity contribution in [1.82, 2.24) is 4.98 Å². The molecule has 2 aliphatic carbocycles. The lowest BCUT2D eigenvalue weighted by molar-refractivity contribution is -0.247. The van der Waals surface area contributed by atoms with E-state index < -0.39 is 102 Å². The number of pyridine rings is 1. The number of rotatable bonds is 7. The van der Waals surface area contributed by atoms with Crippen LogP contribution >= 0.6 is 0 Å². The van der Waals surface area contributed by atoms with Gasteiger partial charge < -0.3 is 45.1 Å². The highest BCUT2D eigenvalue weighted by Gasteiger charge is 2.50. The van der Waals surface area contributed by atoms with Gasteiger partial charge in [-0.2, -0.15) is 0 Å². The molecule has 3 aromatic rings. The number of aromatic hydroxyl groups is 2. The molecular formula is C33H32N2O12. The van der Waals surface area contributed by atoms with E-state index in [0.717, 1.165) is 0 Å². The van der Waals surface area contributed by atoms with Gasteiger partial charge in [0.1, 0.15) is 22.8 Å². The molecule has 6 unspecified atom stereocenters. The average molecular weight is 649 g/mol. The number of nitrogens with two attached hydrogens (primary N) is 1. The largest absolute Gasteiger partial charge is 0.507 e. The lowest BCUT2D eigenvalue weighted by Gasteiger charge is -2.42. The predicted octanol–water partition coefficient (Wildman–Crippen LogP) is 1.26. The van der Waals surface area contributed by atoms with Gasteiger partial charge in [0.25, 0.3) is 0 Å². The molecule has 6 N–H and O–H groups in total. The van der Waals surface area contributed by atoms with Gasteiger partial charge in [-0.3, -0.25) is 19.4 Å². The number of hydrogen-bond donors (Lipinski definition) is 5. The normalized spacial score (nSPS) is 26.5. The maximum Gasteiger partial charge on any atom is 0.340 e. The summed E-state index contributed by atoms with van der Waals surface area (Å²) in [5, 5.41) is 45.3. The third-order valence-electron chi connectivity index (χ3n) is 8.89. The molecule has 1 fully saturated rings. The fourth-order valence-electron chi connectivity index (χ4n) is 6.44. The predicted molar refractivity (Wildman–Crippen MR) is 159 cm³/mol. The number of esters is 1. The minimum Gasteiger partial charge on any atom is -0.507 e. The van der Waals surface area contributed by atoms with Crippen molar-refractivity contribution in [2.75, 3.05) is 13.7 Å². The van der Waals surface area contributed by atoms with Crippen molar-refractivity contribution in [2.24, 2.45) is 5.73 Å². The fourth-order valence-corrected chi connectivity index (χ4v) is 6.44. The maximum absolute atomic E-state index is 13.8. The van der Waals surface area contributed by atoms with Crippen molar-refractivity contribution in [3.05, 3.63) is 81.7 Å². The summed E-state index contributed by atoms with van der Waals surface area (Å²) in [6.45, 7) is 0.697. The van der Waals surface area contributed by atoms with Crippen LogP contribution in [-0.4, -0.2) is 92.6 Å². The van der Waals surface area contributed by atoms with Crippen LogP contribution in [0, 0.1) is 0 Å². The van der Waals surface area contributed by atoms with Crippen molar-refractivity contribution in [2.45, 2.75) is 62.4 Å². The molecule has 0 bridgehead atoms. The summed E-state index contributed by atoms with van der Waals surface area (Å²) in [4.78, 5) is 57.4. The Kier molecular flexibility index (Phi) is 8.32. The molecule has 1 saturated heterocycles. The quantitative estimate of drug-likeness (QED) is 0.141. The summed E-state index contributed by atoms with van der Waals surface area (Å²) in [5.74, 6) is -4.79. The molecule has 6 rings (SSSR count). The molecule has 2 aromatic carbocycles. The Balaban J connectivity index is 1.42. The number of aliphatic hydroxyl groups is 2. The number of fused-ring (bicyclic) bond motifs is 3. The van der Waals surface area contributed by atoms with Gasteiger partial charge in [-0.05, 0) is 25.1 Å². The Hall–Kier alpha value is -4.73. The van der Waals surface area contributed by atoms with E-state index in [2.05, 4.69) is 4.98 Å². The lowest BCUT2D eigenvalue weighted by Crippen LogP contribution is -2.53. The van der Waals surface area contributed by atoms with Crippen molar-refractivity contribution in [3.63, 3.8) is 0 Å². The number of aromatic nitrogens is 1. The molecule has 0 spiro atoms. The van der Waals surface area contributed by atoms with Crippen molar-refractivity contribution >= 4 is 23.3 Å². The number of carbonyl (C=O) groups excluding carboxylic acids is 4. The second-order valence-corrected chi connectivity index (χ2v) is 11.8. The van der Waals surface area contributed by atoms with Crippen LogP contribution in [0.1, 0.15) is 79.2 Å². The second-order valence-electron chi connectivity index (χ2n) is 11.8. The molecule has 6 atom stereocenters. The van der Waals surface area contributed by atoms with Crippen LogP contribution in [0.3, 0.4) is 0 Å². The molecule has 0 radical (unpaired) electrons. The van der Waals surface area contributed by atoms with Gasteiger partial charge >= 0.3 is 5.97 Å². The van der Waals surface area contributed by atoms with E-state index in [1.165, 1.54) is 49.8 Å². The van der Waals surface area contributed by atoms with Crippen molar-refractivity contribution in [3.8, 4) is 17.2 Å². The van der Waals surface area contributed by atoms with Crippen LogP contribution in [0.5, 0.6) is 17.2 Å². The van der Waals surface area contributed by atoms with Gasteiger partial charge in [0.15, 0.2) is 18.7 Å². The van der Waals surface area contributed by atoms with Gasteiger partial charge in [0.05, 0.1) is 47.7 Å². The van der Waals surface area contributed by atoms with Crippen LogP contribution in [-0.2, 0) is 25.4 Å². The summed E-state index contributed by atoms with van der Waals surface area (Å²) < 4.78 is 22.4. The first kappa shape index (κ1) is 32.2. The zero-order valence-electron chi connectivity index (χ0n) is 25.3. The molecule has 0 amide bonds. The monoisotopic (exact) mass is 648 g/mol. The summed E-state index contributed by atoms with van der Waals surface area (Å²) in [6, 6.07) is 6.50. The number of phenolic OH excluding ortho intramolecular Hbond substituents is 2. The van der Waals surface area contributed by atoms with Crippen LogP contribution in [0.2, 0.25) is 0 Å². The minimum atomic E-state index is -2.35. The van der Waals surface area contributed by atoms with Crippen LogP contribution in [0.15, 0.2) is 42.7 Å². The van der Waals surface area contributed by atoms with E-state index in [-0.39, 0.29) is 40.0 Å². The van der Waals surface area contributed by atoms with Gasteiger partial charge in [0.2, 0.25) is 11.6 Å². The number of benzene rings is 2. The number of Topliss-reactive ketones (excluding diaryl/α,β-unsaturated/α-hetero) is 1. The number of nitrogens with zero attached hydrogens (tertiary/aromatic N) is 1. The topological polar surface area (TPSA) is 225 Å². The van der Waals surface area contributed by atoms with Crippen LogP contribution < -0.4 is 10.5 Å². The third-order valence-corrected chi connectivity index (χ3v) is 8.89. The first-order valence-corrected chi connectivity index (χ1v) is 14.8. The SMILES string of the molecule is COc1cccc2c1C(=O)c1c(O)c3c(c(O)c1C2=O)CC(O)(C(=O)COC(=O)c1cccnc1)CC3OC1CC(N)C(O)C(C)O1. The zero-order valence-corrected chi connectivity index (χ0v) is 25.3. The van der Waals surface area contributed by atoms with E-state index in [0.29, 0.717) is 0 Å². The van der Waals surface area contributed by atoms with Crippen LogP contribution in [0.25, 0.3) is 0 Å². The summed E-state index contributed by atoms with van der Waals surface area (Å²) >= 11 is 0. The average Bonchev–Trinajstić information content (AvgIpc) is 3.06. The highest BCUT2D eigenvalue weighted by Crippen LogP contribution is 2.52. The van der Waals surface area contributed by atoms with E-state index in [1.54, 1.807) is 6.92 Å². The fraction of sp³-hybridized carbons (Fsp3) is 0.364. The Bertz CT molecular complexity index is 1780. The smallest absolute Gasteiger partial charge is 0.340 e. The Morgan fingerprint density at radius 2 is 1.83 bits per heavy atom. The van der Waals surface area contributed by atoms with E-state index in [1.807, 2.05) is 0 Å². The van der Waals surface area contributed by atoms with Crippen LogP contribution in [0.4, 0.5) is 0 Å². The third kappa shape index (κ3) is 5.43. The number of ketones is 3. The number of carbonyl (C=O) groups is 4. The number of hydrogen-bond acceptors (Lipinski definition) is 14. The number of phenols is 2. The maximum atomic E-state index is 13.8. The number of ether oxygens (including phenoxy) is 4. The summed E-state index contributed by atoms with van der Waals surface area (Å²) in [7, 11) is 1.32. The minimum absolute atomic E-state index is 0.0217. The van der Waals surface area contributed by atoms with E-state index in [9.17, 15) is 39.6 Å². The zero-order chi connectivity index (χ0) is 33.8. The van der Waals surface area contributed by atoms with Gasteiger partial charge in [-0.15, -0.1) is 0 Å².